The Hall–Kier alpha value is -0.280. The van der Waals surface area contributed by atoms with Crippen molar-refractivity contribution in [2.45, 2.75) is 138 Å². The molecule has 8 heteroatoms. The van der Waals surface area contributed by atoms with Gasteiger partial charge in [-0.05, 0) is 0 Å². The van der Waals surface area contributed by atoms with Crippen LogP contribution in [0.3, 0.4) is 0 Å². The Labute approximate surface area is 315 Å². The van der Waals surface area contributed by atoms with E-state index >= 15 is 0 Å². The predicted octanol–water partition coefficient (Wildman–Crippen LogP) is 11.7. The third-order valence-corrected chi connectivity index (χ3v) is 50.1. The number of benzene rings is 3. The first kappa shape index (κ1) is 39.9. The van der Waals surface area contributed by atoms with Crippen LogP contribution in [0.2, 0.25) is 118 Å². The van der Waals surface area contributed by atoms with E-state index in [0.29, 0.717) is 15.5 Å². The van der Waals surface area contributed by atoms with Gasteiger partial charge in [0.25, 0.3) is 0 Å². The van der Waals surface area contributed by atoms with Crippen LogP contribution in [0.4, 0.5) is 0 Å². The molecule has 49 heavy (non-hydrogen) atoms. The van der Waals surface area contributed by atoms with Crippen LogP contribution in [0, 0.1) is 0 Å². The summed E-state index contributed by atoms with van der Waals surface area (Å²) in [5, 5.41) is 1.79. The van der Waals surface area contributed by atoms with E-state index in [-0.39, 0.29) is 4.41 Å². The standard InChI is InChI=1S/C27H59Si6.C13H10.CH3O.Sn/c1-28(2,3)25(29(4,5)6)22-19-23(26(30(7,8)9)31(10,11)12)21-24(20-22)27(32(13,14)15)33(16,17)18;1-11-7-5-6-10-13(11)12-8-3-2-4-9-12;1-2;/h19-20,25-27H,1-18H3;2-8,10H,1H2;1H3;/q;;-1;+1/i;1D;;. The van der Waals surface area contributed by atoms with Gasteiger partial charge in [0.05, 0.1) is 0 Å². The molecule has 2 atom stereocenters. The molecule has 1 heterocycles. The molecule has 0 bridgehead atoms. The zero-order valence-electron chi connectivity index (χ0n) is 36.0. The molecule has 0 saturated heterocycles. The molecule has 1 nitrogen and oxygen atoms in total. The van der Waals surface area contributed by atoms with Crippen molar-refractivity contribution in [1.29, 1.82) is 0 Å². The van der Waals surface area contributed by atoms with E-state index in [1.807, 2.05) is 7.11 Å². The summed E-state index contributed by atoms with van der Waals surface area (Å²) in [6, 6.07) is 23.7. The van der Waals surface area contributed by atoms with Crippen LogP contribution in [0.15, 0.2) is 60.7 Å². The van der Waals surface area contributed by atoms with Crippen molar-refractivity contribution >= 4 is 74.4 Å². The Balaban J connectivity index is 2.45. The van der Waals surface area contributed by atoms with Gasteiger partial charge in [0.2, 0.25) is 0 Å². The van der Waals surface area contributed by atoms with Crippen molar-refractivity contribution in [3.63, 3.8) is 0 Å². The van der Waals surface area contributed by atoms with E-state index in [2.05, 4.69) is 179 Å². The molecule has 4 rings (SSSR count). The van der Waals surface area contributed by atoms with Crippen molar-refractivity contribution in [2.75, 3.05) is 7.11 Å². The van der Waals surface area contributed by atoms with Crippen LogP contribution in [0.1, 0.15) is 39.1 Å². The third kappa shape index (κ3) is 8.29. The molecule has 3 aromatic carbocycles. The van der Waals surface area contributed by atoms with E-state index < -0.39 is 67.2 Å². The maximum atomic E-state index is 10.6. The normalized spacial score (nSPS) is 19.7. The van der Waals surface area contributed by atoms with Gasteiger partial charge in [-0.2, -0.15) is 0 Å². The average Bonchev–Trinajstić information content (AvgIpc) is 2.90. The van der Waals surface area contributed by atoms with Crippen LogP contribution in [0.5, 0.6) is 0 Å². The Bertz CT molecular complexity index is 1610. The average molecular weight is 869 g/mol. The first-order chi connectivity index (χ1) is 22.5. The molecule has 0 radical (unpaired) electrons. The molecule has 3 aromatic rings. The molecule has 0 saturated carbocycles. The van der Waals surface area contributed by atoms with Gasteiger partial charge in [0, 0.05) is 0 Å². The molecule has 0 aliphatic carbocycles. The van der Waals surface area contributed by atoms with Gasteiger partial charge >= 0.3 is 318 Å². The minimum atomic E-state index is -4.38. The van der Waals surface area contributed by atoms with Crippen LogP contribution >= 0.6 is 0 Å². The number of hydrogen-bond donors (Lipinski definition) is 0. The predicted molar refractivity (Wildman–Crippen MR) is 242 cm³/mol. The fraction of sp³-hybridized carbons (Fsp3) is 0.561. The molecule has 0 aromatic heterocycles. The van der Waals surface area contributed by atoms with Crippen LogP contribution in [0.25, 0.3) is 11.1 Å². The van der Waals surface area contributed by atoms with E-state index in [4.69, 9.17) is 3.07 Å². The molecule has 1 aliphatic rings. The molecule has 1 aliphatic heterocycles. The molecule has 0 N–H and O–H groups in total. The first-order valence-electron chi connectivity index (χ1n) is 19.4. The Morgan fingerprint density at radius 3 is 1.29 bits per heavy atom. The molecular weight excluding hydrogens is 796 g/mol. The summed E-state index contributed by atoms with van der Waals surface area (Å²) in [5.41, 5.74) is 8.71. The zero-order chi connectivity index (χ0) is 38.2. The Morgan fingerprint density at radius 2 is 0.898 bits per heavy atom. The summed E-state index contributed by atoms with van der Waals surface area (Å²) in [6.45, 7) is 47.6. The fourth-order valence-corrected chi connectivity index (χ4v) is 62.6. The zero-order valence-corrected chi connectivity index (χ0v) is 43.8. The molecule has 270 valence electrons. The molecule has 0 fully saturated rings. The monoisotopic (exact) mass is 869 g/mol. The Morgan fingerprint density at radius 1 is 0.531 bits per heavy atom. The van der Waals surface area contributed by atoms with E-state index in [9.17, 15) is 1.37 Å². The number of hydrogen-bond acceptors (Lipinski definition) is 1. The fourth-order valence-electron chi connectivity index (χ4n) is 11.2. The van der Waals surface area contributed by atoms with Gasteiger partial charge < -0.3 is 0 Å². The Kier molecular flexibility index (Phi) is 11.3. The molecule has 0 spiro atoms. The second kappa shape index (κ2) is 13.9. The van der Waals surface area contributed by atoms with Gasteiger partial charge in [-0.25, -0.2) is 0 Å². The summed E-state index contributed by atoms with van der Waals surface area (Å²) in [6.07, 6.45) is 0. The first-order valence-corrected chi connectivity index (χ1v) is 46.0. The number of fused-ring (bicyclic) bond motifs is 3. The van der Waals surface area contributed by atoms with Gasteiger partial charge in [0.1, 0.15) is 0 Å². The van der Waals surface area contributed by atoms with Gasteiger partial charge in [0.15, 0.2) is 0 Å². The summed E-state index contributed by atoms with van der Waals surface area (Å²) in [4.78, 5) is 0. The maximum absolute atomic E-state index is 10.6. The summed E-state index contributed by atoms with van der Waals surface area (Å²) in [7, 11) is -8.25. The number of rotatable bonds is 11. The summed E-state index contributed by atoms with van der Waals surface area (Å²) >= 11 is -4.38. The molecule has 2 unspecified atom stereocenters. The van der Waals surface area contributed by atoms with E-state index in [1.165, 1.54) is 20.3 Å². The van der Waals surface area contributed by atoms with Crippen molar-refractivity contribution in [2.24, 2.45) is 0 Å². The van der Waals surface area contributed by atoms with Crippen LogP contribution in [-0.4, -0.2) is 74.3 Å². The van der Waals surface area contributed by atoms with Crippen molar-refractivity contribution < 1.29 is 4.44 Å². The second-order valence-electron chi connectivity index (χ2n) is 21.8. The molecular formula is C41H72OSi6Sn. The van der Waals surface area contributed by atoms with Crippen LogP contribution in [-0.2, 0) is 7.49 Å². The van der Waals surface area contributed by atoms with Crippen LogP contribution < -0.4 is 7.16 Å². The second-order valence-corrected chi connectivity index (χ2v) is 64.5. The van der Waals surface area contributed by atoms with Gasteiger partial charge in [-0.1, -0.05) is 0 Å². The quantitative estimate of drug-likeness (QED) is 0.175. The van der Waals surface area contributed by atoms with E-state index in [1.54, 1.807) is 20.3 Å². The molecule has 0 amide bonds. The van der Waals surface area contributed by atoms with E-state index in [0.717, 1.165) is 0 Å². The topological polar surface area (TPSA) is 9.23 Å². The van der Waals surface area contributed by atoms with Crippen molar-refractivity contribution in [1.82, 2.24) is 0 Å². The van der Waals surface area contributed by atoms with Gasteiger partial charge in [-0.15, -0.1) is 0 Å². The van der Waals surface area contributed by atoms with Gasteiger partial charge in [-0.3, -0.25) is 0 Å². The summed E-state index contributed by atoms with van der Waals surface area (Å²) in [5.74, 6) is 0. The SMILES string of the molecule is [2H][CH]1c2ccccc2-c2cccc[c]2[Sn]1([O]C)[c]1c(C([Si](C)(C)C)[Si](C)(C)C)cc(C([Si](C)(C)C)[Si](C)(C)C)cc1C([Si](C)(C)C)[Si](C)(C)C. The minimum absolute atomic E-state index is 0.374. The third-order valence-electron chi connectivity index (χ3n) is 11.0. The van der Waals surface area contributed by atoms with Crippen molar-refractivity contribution in [3.8, 4) is 11.1 Å². The summed E-state index contributed by atoms with van der Waals surface area (Å²) < 4.78 is 20.6. The van der Waals surface area contributed by atoms with Crippen molar-refractivity contribution in [3.05, 3.63) is 82.9 Å².